The van der Waals surface area contributed by atoms with Crippen molar-refractivity contribution in [1.29, 1.82) is 0 Å². The lowest BCUT2D eigenvalue weighted by Gasteiger charge is -2.10. The summed E-state index contributed by atoms with van der Waals surface area (Å²) in [5.74, 6) is -0.215. The normalized spacial score (nSPS) is 16.3. The van der Waals surface area contributed by atoms with Crippen LogP contribution in [0.2, 0.25) is 0 Å². The van der Waals surface area contributed by atoms with E-state index < -0.39 is 0 Å². The van der Waals surface area contributed by atoms with E-state index in [4.69, 9.17) is 5.73 Å². The molecule has 2 heterocycles. The maximum Gasteiger partial charge on any atom is 0.278 e. The molecule has 2 amide bonds. The lowest BCUT2D eigenvalue weighted by atomic mass is 10.3. The number of carbonyl (C=O) groups is 2. The molecule has 0 radical (unpaired) electrons. The average molecular weight is 433 g/mol. The number of amides is 2. The van der Waals surface area contributed by atoms with Crippen molar-refractivity contribution in [2.45, 2.75) is 13.3 Å². The minimum absolute atomic E-state index is 0.205. The smallest absolute Gasteiger partial charge is 0.278 e. The first-order chi connectivity index (χ1) is 10.4. The Balaban J connectivity index is 1.86. The van der Waals surface area contributed by atoms with Crippen molar-refractivity contribution in [3.05, 3.63) is 32.6 Å². The fraction of sp³-hybridized carbons (Fsp3) is 0.308. The average Bonchev–Trinajstić information content (AvgIpc) is 2.95. The van der Waals surface area contributed by atoms with Crippen LogP contribution in [0, 0.1) is 0 Å². The lowest BCUT2D eigenvalue weighted by Crippen LogP contribution is -2.36. The van der Waals surface area contributed by atoms with Crippen molar-refractivity contribution in [2.24, 2.45) is 10.7 Å². The van der Waals surface area contributed by atoms with Gasteiger partial charge in [-0.05, 0) is 51.3 Å². The lowest BCUT2D eigenvalue weighted by molar-refractivity contribution is -0.122. The molecule has 4 N–H and O–H groups in total. The molecule has 0 saturated heterocycles. The van der Waals surface area contributed by atoms with Gasteiger partial charge in [-0.25, -0.2) is 4.99 Å². The zero-order chi connectivity index (χ0) is 16.3. The first-order valence-electron chi connectivity index (χ1n) is 6.62. The Kier molecular flexibility index (Phi) is 5.41. The van der Waals surface area contributed by atoms with Gasteiger partial charge in [-0.2, -0.15) is 0 Å². The topological polar surface area (TPSA) is 104 Å². The number of rotatable bonds is 5. The van der Waals surface area contributed by atoms with Gasteiger partial charge in [-0.15, -0.1) is 0 Å². The van der Waals surface area contributed by atoms with Crippen molar-refractivity contribution in [3.63, 3.8) is 0 Å². The van der Waals surface area contributed by atoms with Crippen LogP contribution in [0.25, 0.3) is 0 Å². The highest BCUT2D eigenvalue weighted by atomic mass is 79.9. The zero-order valence-electron chi connectivity index (χ0n) is 11.8. The molecule has 22 heavy (non-hydrogen) atoms. The largest absolute Gasteiger partial charge is 0.369 e. The fourth-order valence-corrected chi connectivity index (χ4v) is 2.58. The molecular formula is C13H15Br2N5O2. The number of aliphatic imine (C=N–C) groups is 1. The quantitative estimate of drug-likeness (QED) is 0.487. The number of likely N-dealkylation sites (N-methyl/N-ethyl adjacent to an activating group) is 1. The molecule has 0 atom stereocenters. The second kappa shape index (κ2) is 7.10. The van der Waals surface area contributed by atoms with Crippen molar-refractivity contribution in [1.82, 2.24) is 15.2 Å². The molecular weight excluding hydrogens is 418 g/mol. The zero-order valence-corrected chi connectivity index (χ0v) is 15.0. The molecule has 0 unspecified atom stereocenters. The predicted octanol–water partition coefficient (Wildman–Crippen LogP) is 1.72. The van der Waals surface area contributed by atoms with E-state index in [9.17, 15) is 9.59 Å². The molecule has 0 fully saturated rings. The highest BCUT2D eigenvalue weighted by Crippen LogP contribution is 2.22. The molecule has 1 aliphatic heterocycles. The highest BCUT2D eigenvalue weighted by molar-refractivity contribution is 9.13. The maximum atomic E-state index is 11.9. The van der Waals surface area contributed by atoms with Crippen LogP contribution in [-0.4, -0.2) is 40.7 Å². The molecule has 0 bridgehead atoms. The Bertz CT molecular complexity index is 646. The summed E-state index contributed by atoms with van der Waals surface area (Å²) in [6.07, 6.45) is 2.16. The number of nitrogens with two attached hydrogens (primary N) is 1. The summed E-state index contributed by atoms with van der Waals surface area (Å²) in [4.78, 5) is 32.1. The molecule has 0 spiro atoms. The summed E-state index contributed by atoms with van der Waals surface area (Å²) in [6, 6.07) is 1.68. The second-order valence-electron chi connectivity index (χ2n) is 4.50. The summed E-state index contributed by atoms with van der Waals surface area (Å²) >= 11 is 6.57. The summed E-state index contributed by atoms with van der Waals surface area (Å²) in [7, 11) is 0. The summed E-state index contributed by atoms with van der Waals surface area (Å²) in [5, 5.41) is 2.75. The fourth-order valence-electron chi connectivity index (χ4n) is 1.93. The van der Waals surface area contributed by atoms with E-state index in [0.29, 0.717) is 35.5 Å². The van der Waals surface area contributed by atoms with Gasteiger partial charge in [0.2, 0.25) is 5.96 Å². The highest BCUT2D eigenvalue weighted by Gasteiger charge is 2.26. The van der Waals surface area contributed by atoms with Gasteiger partial charge in [-0.1, -0.05) is 6.08 Å². The number of nitrogens with one attached hydrogen (secondary N) is 2. The van der Waals surface area contributed by atoms with E-state index in [0.717, 1.165) is 4.47 Å². The van der Waals surface area contributed by atoms with Crippen LogP contribution in [0.3, 0.4) is 0 Å². The van der Waals surface area contributed by atoms with E-state index in [1.165, 1.54) is 4.90 Å². The molecule has 1 aromatic rings. The third-order valence-electron chi connectivity index (χ3n) is 3.03. The van der Waals surface area contributed by atoms with E-state index in [1.807, 2.05) is 6.92 Å². The Hall–Kier alpha value is -1.61. The standard InChI is InChI=1S/C13H15Br2N5O2/c1-2-20-12(22)8(19-13(20)16)4-3-5-17-11(21)9-6-7(14)10(15)18-9/h4,6,18H,2-3,5H2,1H3,(H2,16,19)(H,17,21)/b8-4-. The molecule has 118 valence electrons. The van der Waals surface area contributed by atoms with Gasteiger partial charge in [0.05, 0.1) is 9.08 Å². The molecule has 0 aromatic carbocycles. The minimum atomic E-state index is -0.222. The Morgan fingerprint density at radius 2 is 2.27 bits per heavy atom. The number of hydrogen-bond donors (Lipinski definition) is 3. The van der Waals surface area contributed by atoms with E-state index in [1.54, 1.807) is 12.1 Å². The number of guanidine groups is 1. The van der Waals surface area contributed by atoms with Gasteiger partial charge in [0.25, 0.3) is 11.8 Å². The number of halogens is 2. The molecule has 7 nitrogen and oxygen atoms in total. The third kappa shape index (κ3) is 3.58. The first-order valence-corrected chi connectivity index (χ1v) is 8.21. The van der Waals surface area contributed by atoms with E-state index in [-0.39, 0.29) is 17.8 Å². The van der Waals surface area contributed by atoms with Gasteiger partial charge < -0.3 is 16.0 Å². The summed E-state index contributed by atoms with van der Waals surface area (Å²) < 4.78 is 1.49. The number of H-pyrrole nitrogens is 1. The van der Waals surface area contributed by atoms with Gasteiger partial charge in [0, 0.05) is 13.1 Å². The van der Waals surface area contributed by atoms with Gasteiger partial charge in [-0.3, -0.25) is 14.5 Å². The summed E-state index contributed by atoms with van der Waals surface area (Å²) in [5.41, 5.74) is 6.41. The van der Waals surface area contributed by atoms with Crippen LogP contribution in [0.15, 0.2) is 31.9 Å². The molecule has 1 aliphatic rings. The number of aromatic amines is 1. The van der Waals surface area contributed by atoms with Crippen molar-refractivity contribution >= 4 is 49.6 Å². The molecule has 2 rings (SSSR count). The second-order valence-corrected chi connectivity index (χ2v) is 6.15. The van der Waals surface area contributed by atoms with Crippen molar-refractivity contribution in [2.75, 3.05) is 13.1 Å². The van der Waals surface area contributed by atoms with Crippen LogP contribution in [0.5, 0.6) is 0 Å². The monoisotopic (exact) mass is 431 g/mol. The molecule has 1 aromatic heterocycles. The molecule has 9 heteroatoms. The SMILES string of the molecule is CCN1C(=O)/C(=C/CCNC(=O)c2cc(Br)c(Br)[nH]2)N=C1N. The van der Waals surface area contributed by atoms with Crippen LogP contribution in [0.1, 0.15) is 23.8 Å². The van der Waals surface area contributed by atoms with Gasteiger partial charge >= 0.3 is 0 Å². The Labute approximate surface area is 144 Å². The number of aromatic nitrogens is 1. The van der Waals surface area contributed by atoms with Crippen molar-refractivity contribution in [3.8, 4) is 0 Å². The molecule has 0 saturated carbocycles. The third-order valence-corrected chi connectivity index (χ3v) is 4.81. The number of hydrogen-bond acceptors (Lipinski definition) is 4. The minimum Gasteiger partial charge on any atom is -0.369 e. The molecule has 0 aliphatic carbocycles. The first kappa shape index (κ1) is 16.8. The van der Waals surface area contributed by atoms with E-state index >= 15 is 0 Å². The summed E-state index contributed by atoms with van der Waals surface area (Å²) in [6.45, 7) is 2.71. The maximum absolute atomic E-state index is 11.9. The predicted molar refractivity (Wildman–Crippen MR) is 90.2 cm³/mol. The van der Waals surface area contributed by atoms with Crippen LogP contribution < -0.4 is 11.1 Å². The van der Waals surface area contributed by atoms with Gasteiger partial charge in [0.15, 0.2) is 0 Å². The number of nitrogens with zero attached hydrogens (tertiary/aromatic N) is 2. The van der Waals surface area contributed by atoms with Crippen LogP contribution >= 0.6 is 31.9 Å². The van der Waals surface area contributed by atoms with Crippen LogP contribution in [-0.2, 0) is 4.79 Å². The Morgan fingerprint density at radius 3 is 2.82 bits per heavy atom. The Morgan fingerprint density at radius 1 is 1.55 bits per heavy atom. The van der Waals surface area contributed by atoms with Crippen molar-refractivity contribution < 1.29 is 9.59 Å². The van der Waals surface area contributed by atoms with E-state index in [2.05, 4.69) is 47.2 Å². The van der Waals surface area contributed by atoms with Gasteiger partial charge in [0.1, 0.15) is 11.4 Å². The van der Waals surface area contributed by atoms with Crippen LogP contribution in [0.4, 0.5) is 0 Å². The number of carbonyl (C=O) groups excluding carboxylic acids is 2.